The Morgan fingerprint density at radius 2 is 2.40 bits per heavy atom. The van der Waals surface area contributed by atoms with Gasteiger partial charge in [0.05, 0.1) is 6.42 Å². The van der Waals surface area contributed by atoms with Crippen LogP contribution in [-0.4, -0.2) is 80.0 Å². The van der Waals surface area contributed by atoms with Crippen LogP contribution in [0.2, 0.25) is 0 Å². The minimum Gasteiger partial charge on any atom is -0.481 e. The van der Waals surface area contributed by atoms with Gasteiger partial charge in [0.25, 0.3) is 0 Å². The van der Waals surface area contributed by atoms with Gasteiger partial charge >= 0.3 is 5.97 Å². The molecule has 1 radical (unpaired) electrons. The molecule has 0 fully saturated rings. The van der Waals surface area contributed by atoms with Crippen LogP contribution in [0.4, 0.5) is 0 Å². The average molecular weight is 275 g/mol. The summed E-state index contributed by atoms with van der Waals surface area (Å²) >= 11 is 1.47. The molecule has 1 aromatic heterocycles. The van der Waals surface area contributed by atoms with Crippen molar-refractivity contribution in [2.45, 2.75) is 6.42 Å². The SMILES string of the molecule is O=C(O)Cc1cccs1.[Cs]. The number of hydrogen-bond acceptors (Lipinski definition) is 2. The molecule has 49 valence electrons. The number of hydrogen-bond donors (Lipinski definition) is 1. The number of aliphatic carboxylic acids is 1. The topological polar surface area (TPSA) is 37.3 Å². The Labute approximate surface area is 122 Å². The second-order valence-electron chi connectivity index (χ2n) is 1.65. The third kappa shape index (κ3) is 4.17. The molecule has 10 heavy (non-hydrogen) atoms. The summed E-state index contributed by atoms with van der Waals surface area (Å²) in [5, 5.41) is 10.2. The first-order valence-corrected chi connectivity index (χ1v) is 3.41. The van der Waals surface area contributed by atoms with Gasteiger partial charge in [0.2, 0.25) is 0 Å². The van der Waals surface area contributed by atoms with Gasteiger partial charge in [-0.3, -0.25) is 4.79 Å². The molecule has 4 heteroatoms. The van der Waals surface area contributed by atoms with Gasteiger partial charge < -0.3 is 5.11 Å². The number of carboxylic acid groups (broad SMARTS) is 1. The predicted molar refractivity (Wildman–Crippen MR) is 41.4 cm³/mol. The molecule has 1 rings (SSSR count). The van der Waals surface area contributed by atoms with E-state index in [0.717, 1.165) is 4.88 Å². The van der Waals surface area contributed by atoms with E-state index in [9.17, 15) is 4.79 Å². The third-order valence-electron chi connectivity index (χ3n) is 0.906. The summed E-state index contributed by atoms with van der Waals surface area (Å²) in [7, 11) is 0. The molecule has 0 saturated carbocycles. The molecule has 0 bridgehead atoms. The van der Waals surface area contributed by atoms with Crippen molar-refractivity contribution >= 4 is 86.2 Å². The summed E-state index contributed by atoms with van der Waals surface area (Å²) < 4.78 is 0. The van der Waals surface area contributed by atoms with Gasteiger partial charge in [-0.1, -0.05) is 6.07 Å². The molecule has 0 aliphatic carbocycles. The summed E-state index contributed by atoms with van der Waals surface area (Å²) in [5.41, 5.74) is 0. The molecule has 0 aliphatic rings. The number of thiophene rings is 1. The zero-order valence-electron chi connectivity index (χ0n) is 5.70. The van der Waals surface area contributed by atoms with Crippen LogP contribution in [-0.2, 0) is 11.2 Å². The Balaban J connectivity index is 0.000000810. The Bertz CT molecular complexity index is 196. The fourth-order valence-corrected chi connectivity index (χ4v) is 1.26. The Morgan fingerprint density at radius 1 is 1.70 bits per heavy atom. The fraction of sp³-hybridized carbons (Fsp3) is 0.167. The van der Waals surface area contributed by atoms with Crippen LogP contribution in [0.1, 0.15) is 4.88 Å². The molecule has 0 spiro atoms. The van der Waals surface area contributed by atoms with Gasteiger partial charge in [0.15, 0.2) is 0 Å². The first-order chi connectivity index (χ1) is 4.29. The minimum atomic E-state index is -0.766. The van der Waals surface area contributed by atoms with E-state index in [4.69, 9.17) is 5.11 Å². The van der Waals surface area contributed by atoms with E-state index >= 15 is 0 Å². The average Bonchev–Trinajstić information content (AvgIpc) is 2.15. The summed E-state index contributed by atoms with van der Waals surface area (Å²) in [6.07, 6.45) is 0.150. The van der Waals surface area contributed by atoms with E-state index in [2.05, 4.69) is 0 Å². The van der Waals surface area contributed by atoms with Crippen LogP contribution in [0, 0.1) is 0 Å². The van der Waals surface area contributed by atoms with Gasteiger partial charge in [-0.25, -0.2) is 0 Å². The van der Waals surface area contributed by atoms with Crippen molar-refractivity contribution in [1.82, 2.24) is 0 Å². The molecule has 1 N–H and O–H groups in total. The summed E-state index contributed by atoms with van der Waals surface area (Å²) in [6.45, 7) is 0. The van der Waals surface area contributed by atoms with Crippen LogP contribution in [0.25, 0.3) is 0 Å². The van der Waals surface area contributed by atoms with Crippen molar-refractivity contribution in [3.8, 4) is 0 Å². The van der Waals surface area contributed by atoms with Crippen molar-refractivity contribution in [1.29, 1.82) is 0 Å². The number of carboxylic acids is 1. The first kappa shape index (κ1) is 11.2. The largest absolute Gasteiger partial charge is 0.481 e. The standard InChI is InChI=1S/C6H6O2S.Cs/c7-6(8)4-5-2-1-3-9-5;/h1-3H,4H2,(H,7,8);. The maximum absolute atomic E-state index is 10.1. The molecule has 0 saturated heterocycles. The van der Waals surface area contributed by atoms with Crippen LogP contribution in [0.15, 0.2) is 17.5 Å². The van der Waals surface area contributed by atoms with Crippen LogP contribution in [0.5, 0.6) is 0 Å². The molecular weight excluding hydrogens is 269 g/mol. The monoisotopic (exact) mass is 275 g/mol. The van der Waals surface area contributed by atoms with E-state index in [-0.39, 0.29) is 75.3 Å². The van der Waals surface area contributed by atoms with Gasteiger partial charge in [0.1, 0.15) is 0 Å². The van der Waals surface area contributed by atoms with Gasteiger partial charge in [-0.15, -0.1) is 11.3 Å². The van der Waals surface area contributed by atoms with Gasteiger partial charge in [0, 0.05) is 73.8 Å². The van der Waals surface area contributed by atoms with Gasteiger partial charge in [-0.05, 0) is 11.4 Å². The zero-order chi connectivity index (χ0) is 6.69. The molecule has 1 heterocycles. The molecule has 2 nitrogen and oxygen atoms in total. The van der Waals surface area contributed by atoms with Crippen molar-refractivity contribution < 1.29 is 9.90 Å². The van der Waals surface area contributed by atoms with E-state index in [0.29, 0.717) is 0 Å². The Hall–Kier alpha value is 1.22. The quantitative estimate of drug-likeness (QED) is 0.874. The Kier molecular flexibility index (Phi) is 6.53. The molecular formula is C6H6CsO2S. The van der Waals surface area contributed by atoms with E-state index in [1.54, 1.807) is 0 Å². The van der Waals surface area contributed by atoms with Crippen LogP contribution >= 0.6 is 11.3 Å². The van der Waals surface area contributed by atoms with E-state index < -0.39 is 5.97 Å². The molecule has 0 unspecified atom stereocenters. The van der Waals surface area contributed by atoms with Crippen molar-refractivity contribution in [3.05, 3.63) is 22.4 Å². The van der Waals surface area contributed by atoms with Crippen molar-refractivity contribution in [3.63, 3.8) is 0 Å². The zero-order valence-corrected chi connectivity index (χ0v) is 12.8. The second-order valence-corrected chi connectivity index (χ2v) is 2.68. The normalized spacial score (nSPS) is 8.40. The number of carbonyl (C=O) groups is 1. The van der Waals surface area contributed by atoms with Crippen LogP contribution < -0.4 is 0 Å². The van der Waals surface area contributed by atoms with Crippen molar-refractivity contribution in [2.75, 3.05) is 0 Å². The fourth-order valence-electron chi connectivity index (χ4n) is 0.562. The molecule has 0 aromatic carbocycles. The summed E-state index contributed by atoms with van der Waals surface area (Å²) in [5.74, 6) is -0.766. The van der Waals surface area contributed by atoms with Crippen LogP contribution in [0.3, 0.4) is 0 Å². The smallest absolute Gasteiger partial charge is 0.308 e. The van der Waals surface area contributed by atoms with E-state index in [1.165, 1.54) is 11.3 Å². The predicted octanol–water partition coefficient (Wildman–Crippen LogP) is 0.994. The Morgan fingerprint density at radius 3 is 2.80 bits per heavy atom. The summed E-state index contributed by atoms with van der Waals surface area (Å²) in [6, 6.07) is 3.67. The molecule has 0 aliphatic heterocycles. The minimum absolute atomic E-state index is 0. The molecule has 1 aromatic rings. The van der Waals surface area contributed by atoms with Crippen molar-refractivity contribution in [2.24, 2.45) is 0 Å². The molecule has 0 amide bonds. The summed E-state index contributed by atoms with van der Waals surface area (Å²) in [4.78, 5) is 11.0. The maximum Gasteiger partial charge on any atom is 0.308 e. The first-order valence-electron chi connectivity index (χ1n) is 2.53. The number of rotatable bonds is 2. The van der Waals surface area contributed by atoms with E-state index in [1.807, 2.05) is 17.5 Å². The third-order valence-corrected chi connectivity index (χ3v) is 1.78. The maximum atomic E-state index is 10.1. The molecule has 0 atom stereocenters. The second kappa shape index (κ2) is 5.82. The van der Waals surface area contributed by atoms with Gasteiger partial charge in [-0.2, -0.15) is 0 Å².